The van der Waals surface area contributed by atoms with Crippen LogP contribution in [0.2, 0.25) is 0 Å². The molecule has 1 fully saturated rings. The molecule has 24 heavy (non-hydrogen) atoms. The van der Waals surface area contributed by atoms with E-state index in [4.69, 9.17) is 10.5 Å². The summed E-state index contributed by atoms with van der Waals surface area (Å²) in [5.41, 5.74) is 8.17. The first-order valence-electron chi connectivity index (χ1n) is 8.54. The number of hydrogen-bond donors (Lipinski definition) is 1. The second-order valence-corrected chi connectivity index (χ2v) is 6.86. The molecule has 0 spiro atoms. The maximum Gasteiger partial charge on any atom is 0.127 e. The van der Waals surface area contributed by atoms with E-state index in [0.29, 0.717) is 30.0 Å². The van der Waals surface area contributed by atoms with E-state index in [1.54, 1.807) is 0 Å². The molecule has 0 amide bonds. The van der Waals surface area contributed by atoms with Crippen LogP contribution in [0.5, 0.6) is 5.75 Å². The van der Waals surface area contributed by atoms with E-state index in [2.05, 4.69) is 18.7 Å². The summed E-state index contributed by atoms with van der Waals surface area (Å²) in [5.74, 6) is 0.794. The Morgan fingerprint density at radius 1 is 1.21 bits per heavy atom. The first-order chi connectivity index (χ1) is 11.5. The standard InChI is InChI=1S/C20H25FN2O/c1-14(2)23-7-6-15(12-23)13-24-20-10-17(8-18(21)11-20)16-4-3-5-19(22)9-16/h3-5,8-11,14-15H,6-7,12-13,22H2,1-2H3. The third kappa shape index (κ3) is 4.06. The van der Waals surface area contributed by atoms with Crippen molar-refractivity contribution in [3.8, 4) is 16.9 Å². The number of nitrogen functional groups attached to an aromatic ring is 1. The number of likely N-dealkylation sites (tertiary alicyclic amines) is 1. The van der Waals surface area contributed by atoms with Gasteiger partial charge in [0.05, 0.1) is 6.61 Å². The van der Waals surface area contributed by atoms with Gasteiger partial charge in [0.15, 0.2) is 0 Å². The van der Waals surface area contributed by atoms with Gasteiger partial charge in [-0.15, -0.1) is 0 Å². The van der Waals surface area contributed by atoms with Crippen LogP contribution in [-0.2, 0) is 0 Å². The molecule has 4 heteroatoms. The maximum atomic E-state index is 14.0. The molecular weight excluding hydrogens is 303 g/mol. The SMILES string of the molecule is CC(C)N1CCC(COc2cc(F)cc(-c3cccc(N)c3)c2)C1. The second kappa shape index (κ2) is 7.22. The molecule has 1 saturated heterocycles. The summed E-state index contributed by atoms with van der Waals surface area (Å²) in [4.78, 5) is 2.46. The molecule has 2 aromatic rings. The largest absolute Gasteiger partial charge is 0.493 e. The Balaban J connectivity index is 1.68. The minimum Gasteiger partial charge on any atom is -0.493 e. The zero-order valence-electron chi connectivity index (χ0n) is 14.3. The lowest BCUT2D eigenvalue weighted by molar-refractivity contribution is 0.223. The fourth-order valence-electron chi connectivity index (χ4n) is 3.21. The summed E-state index contributed by atoms with van der Waals surface area (Å²) in [7, 11) is 0. The van der Waals surface area contributed by atoms with Crippen LogP contribution < -0.4 is 10.5 Å². The summed E-state index contributed by atoms with van der Waals surface area (Å²) in [6.45, 7) is 7.22. The van der Waals surface area contributed by atoms with E-state index in [1.165, 1.54) is 12.1 Å². The number of benzene rings is 2. The molecule has 1 unspecified atom stereocenters. The number of ether oxygens (including phenoxy) is 1. The van der Waals surface area contributed by atoms with E-state index in [-0.39, 0.29) is 5.82 Å². The van der Waals surface area contributed by atoms with Gasteiger partial charge < -0.3 is 15.4 Å². The van der Waals surface area contributed by atoms with Gasteiger partial charge in [-0.2, -0.15) is 0 Å². The molecule has 2 N–H and O–H groups in total. The maximum absolute atomic E-state index is 14.0. The number of anilines is 1. The number of nitrogens with two attached hydrogens (primary N) is 1. The van der Waals surface area contributed by atoms with Gasteiger partial charge >= 0.3 is 0 Å². The highest BCUT2D eigenvalue weighted by Crippen LogP contribution is 2.28. The Morgan fingerprint density at radius 3 is 2.75 bits per heavy atom. The van der Waals surface area contributed by atoms with Crippen LogP contribution in [0, 0.1) is 11.7 Å². The first-order valence-corrected chi connectivity index (χ1v) is 8.54. The van der Waals surface area contributed by atoms with Crippen molar-refractivity contribution in [1.29, 1.82) is 0 Å². The smallest absolute Gasteiger partial charge is 0.127 e. The number of hydrogen-bond acceptors (Lipinski definition) is 3. The topological polar surface area (TPSA) is 38.5 Å². The normalized spacial score (nSPS) is 18.2. The minimum atomic E-state index is -0.292. The van der Waals surface area contributed by atoms with Crippen LogP contribution in [0.4, 0.5) is 10.1 Å². The monoisotopic (exact) mass is 328 g/mol. The minimum absolute atomic E-state index is 0.292. The summed E-state index contributed by atoms with van der Waals surface area (Å²) in [6.07, 6.45) is 1.13. The third-order valence-corrected chi connectivity index (χ3v) is 4.62. The van der Waals surface area contributed by atoms with Crippen LogP contribution in [0.3, 0.4) is 0 Å². The fourth-order valence-corrected chi connectivity index (χ4v) is 3.21. The highest BCUT2D eigenvalue weighted by atomic mass is 19.1. The predicted molar refractivity (Wildman–Crippen MR) is 96.6 cm³/mol. The molecule has 0 aliphatic carbocycles. The third-order valence-electron chi connectivity index (χ3n) is 4.62. The van der Waals surface area contributed by atoms with Gasteiger partial charge in [-0.3, -0.25) is 0 Å². The Hall–Kier alpha value is -2.07. The molecule has 3 rings (SSSR count). The molecule has 0 aromatic heterocycles. The summed E-state index contributed by atoms with van der Waals surface area (Å²) >= 11 is 0. The van der Waals surface area contributed by atoms with Crippen molar-refractivity contribution < 1.29 is 9.13 Å². The van der Waals surface area contributed by atoms with Crippen molar-refractivity contribution in [2.45, 2.75) is 26.3 Å². The van der Waals surface area contributed by atoms with E-state index in [9.17, 15) is 4.39 Å². The Labute approximate surface area is 143 Å². The van der Waals surface area contributed by atoms with Crippen molar-refractivity contribution in [3.05, 3.63) is 48.3 Å². The zero-order valence-corrected chi connectivity index (χ0v) is 14.3. The summed E-state index contributed by atoms with van der Waals surface area (Å²) in [6, 6.07) is 12.9. The molecular formula is C20H25FN2O. The fraction of sp³-hybridized carbons (Fsp3) is 0.400. The molecule has 3 nitrogen and oxygen atoms in total. The van der Waals surface area contributed by atoms with Gasteiger partial charge in [-0.05, 0) is 62.2 Å². The molecule has 2 aromatic carbocycles. The van der Waals surface area contributed by atoms with Crippen LogP contribution >= 0.6 is 0 Å². The number of rotatable bonds is 5. The van der Waals surface area contributed by atoms with Gasteiger partial charge in [0, 0.05) is 30.3 Å². The lowest BCUT2D eigenvalue weighted by Crippen LogP contribution is -2.29. The van der Waals surface area contributed by atoms with E-state index < -0.39 is 0 Å². The summed E-state index contributed by atoms with van der Waals surface area (Å²) in [5, 5.41) is 0. The Bertz CT molecular complexity index is 702. The van der Waals surface area contributed by atoms with Gasteiger partial charge in [-0.1, -0.05) is 12.1 Å². The van der Waals surface area contributed by atoms with Gasteiger partial charge in [0.2, 0.25) is 0 Å². The molecule has 0 saturated carbocycles. The van der Waals surface area contributed by atoms with Crippen molar-refractivity contribution in [2.24, 2.45) is 5.92 Å². The van der Waals surface area contributed by atoms with Gasteiger partial charge in [0.25, 0.3) is 0 Å². The molecule has 1 aliphatic rings. The van der Waals surface area contributed by atoms with Crippen LogP contribution in [0.1, 0.15) is 20.3 Å². The average molecular weight is 328 g/mol. The predicted octanol–water partition coefficient (Wildman–Crippen LogP) is 4.18. The first kappa shape index (κ1) is 16.8. The van der Waals surface area contributed by atoms with Crippen molar-refractivity contribution in [1.82, 2.24) is 4.90 Å². The van der Waals surface area contributed by atoms with E-state index in [0.717, 1.165) is 30.6 Å². The quantitative estimate of drug-likeness (QED) is 0.837. The zero-order chi connectivity index (χ0) is 17.1. The van der Waals surface area contributed by atoms with Crippen molar-refractivity contribution in [2.75, 3.05) is 25.4 Å². The summed E-state index contributed by atoms with van der Waals surface area (Å²) < 4.78 is 19.9. The van der Waals surface area contributed by atoms with Crippen molar-refractivity contribution in [3.63, 3.8) is 0 Å². The van der Waals surface area contributed by atoms with Crippen LogP contribution in [0.25, 0.3) is 11.1 Å². The molecule has 1 aliphatic heterocycles. The number of nitrogens with zero attached hydrogens (tertiary/aromatic N) is 1. The van der Waals surface area contributed by atoms with Gasteiger partial charge in [-0.25, -0.2) is 4.39 Å². The van der Waals surface area contributed by atoms with E-state index in [1.807, 2.05) is 30.3 Å². The lowest BCUT2D eigenvalue weighted by Gasteiger charge is -2.20. The molecule has 1 heterocycles. The average Bonchev–Trinajstić information content (AvgIpc) is 3.02. The lowest BCUT2D eigenvalue weighted by atomic mass is 10.0. The Morgan fingerprint density at radius 2 is 2.04 bits per heavy atom. The van der Waals surface area contributed by atoms with Crippen molar-refractivity contribution >= 4 is 5.69 Å². The Kier molecular flexibility index (Phi) is 5.05. The van der Waals surface area contributed by atoms with Crippen LogP contribution in [-0.4, -0.2) is 30.6 Å². The highest BCUT2D eigenvalue weighted by Gasteiger charge is 2.24. The van der Waals surface area contributed by atoms with E-state index >= 15 is 0 Å². The molecule has 1 atom stereocenters. The van der Waals surface area contributed by atoms with Gasteiger partial charge in [0.1, 0.15) is 11.6 Å². The molecule has 0 radical (unpaired) electrons. The highest BCUT2D eigenvalue weighted by molar-refractivity contribution is 5.68. The molecule has 128 valence electrons. The molecule has 0 bridgehead atoms. The van der Waals surface area contributed by atoms with Crippen LogP contribution in [0.15, 0.2) is 42.5 Å². The second-order valence-electron chi connectivity index (χ2n) is 6.86. The number of halogens is 1.